The Hall–Kier alpha value is -1.03. The summed E-state index contributed by atoms with van der Waals surface area (Å²) >= 11 is 2.07. The van der Waals surface area contributed by atoms with Crippen molar-refractivity contribution in [3.63, 3.8) is 0 Å². The van der Waals surface area contributed by atoms with Gasteiger partial charge in [0.1, 0.15) is 5.75 Å². The molecule has 0 radical (unpaired) electrons. The second kappa shape index (κ2) is 7.53. The molecule has 3 nitrogen and oxygen atoms in total. The van der Waals surface area contributed by atoms with Crippen molar-refractivity contribution in [1.29, 1.82) is 0 Å². The molecule has 0 amide bonds. The number of anilines is 2. The highest BCUT2D eigenvalue weighted by atomic mass is 32.2. The normalized spacial score (nSPS) is 16.3. The van der Waals surface area contributed by atoms with Gasteiger partial charge < -0.3 is 15.8 Å². The van der Waals surface area contributed by atoms with Crippen LogP contribution in [0.5, 0.6) is 5.75 Å². The van der Waals surface area contributed by atoms with E-state index in [2.05, 4.69) is 24.0 Å². The molecule has 1 saturated heterocycles. The topological polar surface area (TPSA) is 47.3 Å². The molecule has 0 saturated carbocycles. The first kappa shape index (κ1) is 14.4. The quantitative estimate of drug-likeness (QED) is 0.781. The minimum Gasteiger partial charge on any atom is -0.493 e. The molecule has 1 aliphatic rings. The van der Waals surface area contributed by atoms with Crippen LogP contribution >= 0.6 is 11.8 Å². The van der Waals surface area contributed by atoms with Crippen LogP contribution in [0.2, 0.25) is 0 Å². The van der Waals surface area contributed by atoms with Crippen LogP contribution in [0.15, 0.2) is 18.2 Å². The van der Waals surface area contributed by atoms with Crippen LogP contribution in [-0.2, 0) is 0 Å². The monoisotopic (exact) mass is 280 g/mol. The summed E-state index contributed by atoms with van der Waals surface area (Å²) in [5.41, 5.74) is 7.75. The van der Waals surface area contributed by atoms with Gasteiger partial charge in [-0.2, -0.15) is 11.8 Å². The smallest absolute Gasteiger partial charge is 0.123 e. The number of nitrogens with two attached hydrogens (primary N) is 1. The van der Waals surface area contributed by atoms with Gasteiger partial charge >= 0.3 is 0 Å². The minimum atomic E-state index is 0.739. The molecule has 0 atom stereocenters. The van der Waals surface area contributed by atoms with Crippen molar-refractivity contribution in [2.75, 3.05) is 35.7 Å². The van der Waals surface area contributed by atoms with E-state index in [0.29, 0.717) is 0 Å². The van der Waals surface area contributed by atoms with E-state index in [9.17, 15) is 0 Å². The molecule has 0 aromatic heterocycles. The predicted molar refractivity (Wildman–Crippen MR) is 85.2 cm³/mol. The van der Waals surface area contributed by atoms with E-state index in [1.807, 2.05) is 18.2 Å². The molecule has 1 aliphatic heterocycles. The highest BCUT2D eigenvalue weighted by molar-refractivity contribution is 7.99. The second-order valence-corrected chi connectivity index (χ2v) is 6.30. The molecule has 1 fully saturated rings. The van der Waals surface area contributed by atoms with Crippen LogP contribution in [0.3, 0.4) is 0 Å². The standard InChI is InChI=1S/C15H24N2OS/c1-2-5-18-15-9-13(16)8-14(10-15)17-11-12-3-6-19-7-4-12/h8-10,12,17H,2-7,11,16H2,1H3. The van der Waals surface area contributed by atoms with E-state index >= 15 is 0 Å². The number of ether oxygens (including phenoxy) is 1. The Morgan fingerprint density at radius 1 is 1.32 bits per heavy atom. The third-order valence-corrected chi connectivity index (χ3v) is 4.39. The van der Waals surface area contributed by atoms with E-state index in [4.69, 9.17) is 10.5 Å². The molecule has 0 bridgehead atoms. The summed E-state index contributed by atoms with van der Waals surface area (Å²) in [7, 11) is 0. The van der Waals surface area contributed by atoms with Crippen molar-refractivity contribution in [2.45, 2.75) is 26.2 Å². The summed E-state index contributed by atoms with van der Waals surface area (Å²) in [5.74, 6) is 4.26. The van der Waals surface area contributed by atoms with E-state index < -0.39 is 0 Å². The van der Waals surface area contributed by atoms with Gasteiger partial charge in [0, 0.05) is 30.1 Å². The first-order valence-corrected chi connectivity index (χ1v) is 8.28. The molecule has 19 heavy (non-hydrogen) atoms. The Kier molecular flexibility index (Phi) is 5.70. The van der Waals surface area contributed by atoms with Crippen molar-refractivity contribution in [3.05, 3.63) is 18.2 Å². The number of nitrogens with one attached hydrogen (secondary N) is 1. The lowest BCUT2D eigenvalue weighted by Gasteiger charge is -2.22. The fraction of sp³-hybridized carbons (Fsp3) is 0.600. The summed E-state index contributed by atoms with van der Waals surface area (Å²) in [4.78, 5) is 0. The van der Waals surface area contributed by atoms with Crippen molar-refractivity contribution in [3.8, 4) is 5.75 Å². The van der Waals surface area contributed by atoms with Gasteiger partial charge in [-0.1, -0.05) is 6.92 Å². The number of hydrogen-bond acceptors (Lipinski definition) is 4. The number of benzene rings is 1. The van der Waals surface area contributed by atoms with Crippen molar-refractivity contribution < 1.29 is 4.74 Å². The maximum absolute atomic E-state index is 5.92. The summed E-state index contributed by atoms with van der Waals surface area (Å²) in [6, 6.07) is 5.91. The second-order valence-electron chi connectivity index (χ2n) is 5.08. The molecule has 3 N–H and O–H groups in total. The van der Waals surface area contributed by atoms with E-state index in [0.717, 1.165) is 42.6 Å². The number of rotatable bonds is 6. The first-order chi connectivity index (χ1) is 9.28. The van der Waals surface area contributed by atoms with Gasteiger partial charge in [0.05, 0.1) is 6.61 Å². The van der Waals surface area contributed by atoms with Crippen LogP contribution in [0, 0.1) is 5.92 Å². The van der Waals surface area contributed by atoms with Gasteiger partial charge in [0.15, 0.2) is 0 Å². The average molecular weight is 280 g/mol. The molecule has 0 unspecified atom stereocenters. The molecule has 1 heterocycles. The fourth-order valence-electron chi connectivity index (χ4n) is 2.24. The Bertz CT molecular complexity index is 392. The fourth-order valence-corrected chi connectivity index (χ4v) is 3.44. The van der Waals surface area contributed by atoms with Gasteiger partial charge in [0.2, 0.25) is 0 Å². The van der Waals surface area contributed by atoms with Gasteiger partial charge in [-0.15, -0.1) is 0 Å². The molecule has 0 spiro atoms. The lowest BCUT2D eigenvalue weighted by Crippen LogP contribution is -2.19. The summed E-state index contributed by atoms with van der Waals surface area (Å²) in [6.45, 7) is 3.88. The zero-order chi connectivity index (χ0) is 13.5. The SMILES string of the molecule is CCCOc1cc(N)cc(NCC2CCSCC2)c1. The highest BCUT2D eigenvalue weighted by Gasteiger charge is 2.13. The number of thioether (sulfide) groups is 1. The first-order valence-electron chi connectivity index (χ1n) is 7.13. The molecule has 0 aliphatic carbocycles. The van der Waals surface area contributed by atoms with Crippen molar-refractivity contribution in [1.82, 2.24) is 0 Å². The Morgan fingerprint density at radius 2 is 2.11 bits per heavy atom. The summed E-state index contributed by atoms with van der Waals surface area (Å²) in [6.07, 6.45) is 3.65. The van der Waals surface area contributed by atoms with Gasteiger partial charge in [-0.25, -0.2) is 0 Å². The average Bonchev–Trinajstić information content (AvgIpc) is 2.43. The largest absolute Gasteiger partial charge is 0.493 e. The summed E-state index contributed by atoms with van der Waals surface area (Å²) in [5, 5.41) is 3.50. The number of nitrogen functional groups attached to an aromatic ring is 1. The van der Waals surface area contributed by atoms with Crippen LogP contribution in [0.4, 0.5) is 11.4 Å². The molecule has 2 rings (SSSR count). The van der Waals surface area contributed by atoms with Gasteiger partial charge in [0.25, 0.3) is 0 Å². The van der Waals surface area contributed by atoms with E-state index in [-0.39, 0.29) is 0 Å². The lowest BCUT2D eigenvalue weighted by atomic mass is 10.0. The van der Waals surface area contributed by atoms with Crippen molar-refractivity contribution in [2.24, 2.45) is 5.92 Å². The van der Waals surface area contributed by atoms with Crippen LogP contribution < -0.4 is 15.8 Å². The van der Waals surface area contributed by atoms with Crippen LogP contribution in [0.1, 0.15) is 26.2 Å². The molecular weight excluding hydrogens is 256 g/mol. The van der Waals surface area contributed by atoms with E-state index in [1.165, 1.54) is 24.3 Å². The molecular formula is C15H24N2OS. The Balaban J connectivity index is 1.89. The van der Waals surface area contributed by atoms with Crippen molar-refractivity contribution >= 4 is 23.1 Å². The molecule has 106 valence electrons. The Morgan fingerprint density at radius 3 is 2.84 bits per heavy atom. The third kappa shape index (κ3) is 4.86. The zero-order valence-electron chi connectivity index (χ0n) is 11.7. The maximum atomic E-state index is 5.92. The molecule has 4 heteroatoms. The minimum absolute atomic E-state index is 0.739. The highest BCUT2D eigenvalue weighted by Crippen LogP contribution is 2.26. The maximum Gasteiger partial charge on any atom is 0.123 e. The predicted octanol–water partition coefficient (Wildman–Crippen LogP) is 3.61. The number of hydrogen-bond donors (Lipinski definition) is 2. The zero-order valence-corrected chi connectivity index (χ0v) is 12.5. The molecule has 1 aromatic carbocycles. The van der Waals surface area contributed by atoms with Gasteiger partial charge in [-0.05, 0) is 42.8 Å². The lowest BCUT2D eigenvalue weighted by molar-refractivity contribution is 0.318. The molecule has 1 aromatic rings. The third-order valence-electron chi connectivity index (χ3n) is 3.34. The summed E-state index contributed by atoms with van der Waals surface area (Å²) < 4.78 is 5.65. The van der Waals surface area contributed by atoms with Crippen LogP contribution in [0.25, 0.3) is 0 Å². The Labute approximate surface area is 120 Å². The van der Waals surface area contributed by atoms with E-state index in [1.54, 1.807) is 0 Å². The van der Waals surface area contributed by atoms with Gasteiger partial charge in [-0.3, -0.25) is 0 Å². The van der Waals surface area contributed by atoms with Crippen LogP contribution in [-0.4, -0.2) is 24.7 Å².